The molecular formula is C26H31FN4O2. The lowest BCUT2D eigenvalue weighted by molar-refractivity contribution is 0.0365. The molecule has 4 rings (SSSR count). The van der Waals surface area contributed by atoms with E-state index in [-0.39, 0.29) is 5.82 Å². The lowest BCUT2D eigenvalue weighted by Gasteiger charge is -2.37. The van der Waals surface area contributed by atoms with Gasteiger partial charge >= 0.3 is 0 Å². The number of benzene rings is 2. The second kappa shape index (κ2) is 10.8. The molecule has 0 amide bonds. The van der Waals surface area contributed by atoms with E-state index in [4.69, 9.17) is 14.7 Å². The van der Waals surface area contributed by atoms with Gasteiger partial charge in [-0.3, -0.25) is 4.90 Å². The van der Waals surface area contributed by atoms with Crippen LogP contribution in [-0.2, 0) is 11.2 Å². The van der Waals surface area contributed by atoms with Crippen LogP contribution in [0.5, 0.6) is 0 Å². The van der Waals surface area contributed by atoms with Gasteiger partial charge in [0.2, 0.25) is 0 Å². The summed E-state index contributed by atoms with van der Waals surface area (Å²) in [6.45, 7) is 6.24. The van der Waals surface area contributed by atoms with E-state index in [0.717, 1.165) is 54.4 Å². The third-order valence-electron chi connectivity index (χ3n) is 6.02. The number of piperazine rings is 1. The summed E-state index contributed by atoms with van der Waals surface area (Å²) in [6.07, 6.45) is 0.157. The molecule has 1 N–H and O–H groups in total. The van der Waals surface area contributed by atoms with E-state index >= 15 is 0 Å². The monoisotopic (exact) mass is 450 g/mol. The van der Waals surface area contributed by atoms with Crippen molar-refractivity contribution < 1.29 is 14.2 Å². The molecule has 0 spiro atoms. The molecule has 1 aliphatic rings. The fourth-order valence-corrected chi connectivity index (χ4v) is 4.26. The van der Waals surface area contributed by atoms with Gasteiger partial charge in [-0.05, 0) is 24.6 Å². The molecule has 0 radical (unpaired) electrons. The maximum atomic E-state index is 13.4. The van der Waals surface area contributed by atoms with Crippen LogP contribution in [0, 0.1) is 12.7 Å². The molecule has 6 nitrogen and oxygen atoms in total. The Morgan fingerprint density at radius 3 is 2.36 bits per heavy atom. The topological polar surface area (TPSA) is 61.7 Å². The van der Waals surface area contributed by atoms with Crippen LogP contribution in [-0.4, -0.2) is 72.5 Å². The van der Waals surface area contributed by atoms with Crippen molar-refractivity contribution in [2.75, 3.05) is 51.3 Å². The molecule has 1 saturated heterocycles. The number of ether oxygens (including phenoxy) is 1. The first-order valence-corrected chi connectivity index (χ1v) is 11.3. The normalized spacial score (nSPS) is 15.6. The number of rotatable bonds is 8. The zero-order valence-corrected chi connectivity index (χ0v) is 19.2. The van der Waals surface area contributed by atoms with Crippen LogP contribution in [0.25, 0.3) is 11.4 Å². The maximum absolute atomic E-state index is 13.4. The third-order valence-corrected chi connectivity index (χ3v) is 6.02. The molecule has 2 heterocycles. The van der Waals surface area contributed by atoms with Crippen LogP contribution in [0.4, 0.5) is 10.2 Å². The number of nitrogens with zero attached hydrogens (tertiary/aromatic N) is 4. The molecule has 7 heteroatoms. The van der Waals surface area contributed by atoms with Crippen LogP contribution in [0.15, 0.2) is 54.6 Å². The van der Waals surface area contributed by atoms with Crippen LogP contribution in [0.3, 0.4) is 0 Å². The lowest BCUT2D eigenvalue weighted by Crippen LogP contribution is -2.49. The van der Waals surface area contributed by atoms with E-state index in [1.165, 1.54) is 12.1 Å². The lowest BCUT2D eigenvalue weighted by atomic mass is 10.0. The second-order valence-electron chi connectivity index (χ2n) is 8.50. The zero-order chi connectivity index (χ0) is 23.2. The summed E-state index contributed by atoms with van der Waals surface area (Å²) < 4.78 is 18.5. The van der Waals surface area contributed by atoms with Crippen molar-refractivity contribution in [1.29, 1.82) is 0 Å². The van der Waals surface area contributed by atoms with E-state index in [9.17, 15) is 9.50 Å². The number of aliphatic hydroxyl groups excluding tert-OH is 1. The van der Waals surface area contributed by atoms with Crippen molar-refractivity contribution in [3.8, 4) is 11.4 Å². The Hall–Kier alpha value is -2.87. The summed E-state index contributed by atoms with van der Waals surface area (Å²) in [5.41, 5.74) is 4.00. The summed E-state index contributed by atoms with van der Waals surface area (Å²) in [5, 5.41) is 10.1. The molecule has 174 valence electrons. The fraction of sp³-hybridized carbons (Fsp3) is 0.385. The van der Waals surface area contributed by atoms with Gasteiger partial charge in [-0.2, -0.15) is 0 Å². The average molecular weight is 451 g/mol. The predicted octanol–water partition coefficient (Wildman–Crippen LogP) is 3.31. The Morgan fingerprint density at radius 1 is 1.00 bits per heavy atom. The first-order valence-electron chi connectivity index (χ1n) is 11.3. The number of halogens is 1. The molecule has 0 bridgehead atoms. The van der Waals surface area contributed by atoms with E-state index in [2.05, 4.69) is 9.80 Å². The van der Waals surface area contributed by atoms with Crippen molar-refractivity contribution in [2.45, 2.75) is 19.4 Å². The van der Waals surface area contributed by atoms with E-state index in [1.807, 2.05) is 49.4 Å². The van der Waals surface area contributed by atoms with Crippen LogP contribution >= 0.6 is 0 Å². The number of aliphatic hydroxyl groups is 1. The Morgan fingerprint density at radius 2 is 1.70 bits per heavy atom. The molecule has 0 saturated carbocycles. The number of hydrogen-bond donors (Lipinski definition) is 1. The Bertz CT molecular complexity index is 1040. The van der Waals surface area contributed by atoms with Crippen molar-refractivity contribution in [2.24, 2.45) is 0 Å². The summed E-state index contributed by atoms with van der Waals surface area (Å²) in [4.78, 5) is 14.4. The SMILES string of the molecule is COCC(O)CN1CCN(c2nc(-c3ccccc3)nc(C)c2Cc2ccc(F)cc2)CC1. The van der Waals surface area contributed by atoms with Gasteiger partial charge in [0.25, 0.3) is 0 Å². The van der Waals surface area contributed by atoms with E-state index in [0.29, 0.717) is 25.4 Å². The Labute approximate surface area is 194 Å². The van der Waals surface area contributed by atoms with Crippen LogP contribution in [0.2, 0.25) is 0 Å². The van der Waals surface area contributed by atoms with E-state index in [1.54, 1.807) is 7.11 Å². The van der Waals surface area contributed by atoms with Gasteiger partial charge < -0.3 is 14.7 Å². The molecular weight excluding hydrogens is 419 g/mol. The number of aryl methyl sites for hydroxylation is 1. The van der Waals surface area contributed by atoms with Crippen molar-refractivity contribution >= 4 is 5.82 Å². The Kier molecular flexibility index (Phi) is 7.65. The Balaban J connectivity index is 1.61. The quantitative estimate of drug-likeness (QED) is 0.568. The number of anilines is 1. The molecule has 1 unspecified atom stereocenters. The zero-order valence-electron chi connectivity index (χ0n) is 19.2. The molecule has 1 aromatic heterocycles. The van der Waals surface area contributed by atoms with Gasteiger partial charge in [-0.15, -0.1) is 0 Å². The highest BCUT2D eigenvalue weighted by Gasteiger charge is 2.24. The summed E-state index contributed by atoms with van der Waals surface area (Å²) >= 11 is 0. The summed E-state index contributed by atoms with van der Waals surface area (Å²) in [5.74, 6) is 1.41. The number of hydrogen-bond acceptors (Lipinski definition) is 6. The standard InChI is InChI=1S/C26H31FN4O2/c1-19-24(16-20-8-10-22(27)11-9-20)26(29-25(28-19)21-6-4-3-5-7-21)31-14-12-30(13-15-31)17-23(32)18-33-2/h3-11,23,32H,12-18H2,1-2H3. The smallest absolute Gasteiger partial charge is 0.161 e. The minimum Gasteiger partial charge on any atom is -0.389 e. The highest BCUT2D eigenvalue weighted by atomic mass is 19.1. The largest absolute Gasteiger partial charge is 0.389 e. The highest BCUT2D eigenvalue weighted by molar-refractivity contribution is 5.61. The summed E-state index contributed by atoms with van der Waals surface area (Å²) in [6, 6.07) is 16.6. The van der Waals surface area contributed by atoms with Crippen LogP contribution < -0.4 is 4.90 Å². The number of aromatic nitrogens is 2. The number of β-amino-alcohol motifs (C(OH)–C–C–N with tert-alkyl or cyclic N) is 1. The van der Waals surface area contributed by atoms with Gasteiger partial charge in [0.15, 0.2) is 5.82 Å². The first-order chi connectivity index (χ1) is 16.0. The summed E-state index contributed by atoms with van der Waals surface area (Å²) in [7, 11) is 1.60. The molecule has 1 atom stereocenters. The van der Waals surface area contributed by atoms with Crippen molar-refractivity contribution in [3.63, 3.8) is 0 Å². The van der Waals surface area contributed by atoms with Gasteiger partial charge in [-0.25, -0.2) is 14.4 Å². The average Bonchev–Trinajstić information content (AvgIpc) is 2.83. The minimum atomic E-state index is -0.485. The molecule has 2 aromatic carbocycles. The number of methoxy groups -OCH3 is 1. The molecule has 3 aromatic rings. The van der Waals surface area contributed by atoms with Gasteiger partial charge in [0.1, 0.15) is 11.6 Å². The molecule has 1 aliphatic heterocycles. The van der Waals surface area contributed by atoms with Crippen molar-refractivity contribution in [1.82, 2.24) is 14.9 Å². The predicted molar refractivity (Wildman–Crippen MR) is 128 cm³/mol. The molecule has 0 aliphatic carbocycles. The first kappa shape index (κ1) is 23.3. The molecule has 1 fully saturated rings. The highest BCUT2D eigenvalue weighted by Crippen LogP contribution is 2.28. The minimum absolute atomic E-state index is 0.238. The maximum Gasteiger partial charge on any atom is 0.161 e. The van der Waals surface area contributed by atoms with Crippen molar-refractivity contribution in [3.05, 3.63) is 77.2 Å². The van der Waals surface area contributed by atoms with Crippen LogP contribution in [0.1, 0.15) is 16.8 Å². The van der Waals surface area contributed by atoms with Gasteiger partial charge in [-0.1, -0.05) is 42.5 Å². The van der Waals surface area contributed by atoms with Gasteiger partial charge in [0.05, 0.1) is 12.7 Å². The fourth-order valence-electron chi connectivity index (χ4n) is 4.26. The van der Waals surface area contributed by atoms with E-state index < -0.39 is 6.10 Å². The third kappa shape index (κ3) is 5.93. The van der Waals surface area contributed by atoms with Gasteiger partial charge in [0, 0.05) is 63.1 Å². The molecule has 33 heavy (non-hydrogen) atoms. The second-order valence-corrected chi connectivity index (χ2v) is 8.50.